The summed E-state index contributed by atoms with van der Waals surface area (Å²) < 4.78 is 5.31. The van der Waals surface area contributed by atoms with Crippen LogP contribution in [0.1, 0.15) is 32.4 Å². The minimum atomic E-state index is 0.569. The predicted molar refractivity (Wildman–Crippen MR) is 72.1 cm³/mol. The van der Waals surface area contributed by atoms with Gasteiger partial charge < -0.3 is 9.73 Å². The van der Waals surface area contributed by atoms with Crippen LogP contribution in [0, 0.1) is 0 Å². The van der Waals surface area contributed by atoms with Gasteiger partial charge >= 0.3 is 0 Å². The fourth-order valence-electron chi connectivity index (χ4n) is 1.57. The second-order valence-corrected chi connectivity index (χ2v) is 5.58. The molecule has 1 N–H and O–H groups in total. The van der Waals surface area contributed by atoms with Gasteiger partial charge in [-0.2, -0.15) is 11.8 Å². The number of hydrogen-bond acceptors (Lipinski definition) is 3. The van der Waals surface area contributed by atoms with Crippen LogP contribution in [-0.2, 0) is 6.42 Å². The minimum absolute atomic E-state index is 0.569. The number of furan rings is 1. The van der Waals surface area contributed by atoms with Gasteiger partial charge in [-0.05, 0) is 44.7 Å². The number of thioether (sulfide) groups is 1. The Morgan fingerprint density at radius 1 is 1.38 bits per heavy atom. The largest absolute Gasteiger partial charge is 0.469 e. The van der Waals surface area contributed by atoms with Gasteiger partial charge in [0.1, 0.15) is 5.76 Å². The first-order valence-electron chi connectivity index (χ1n) is 6.01. The van der Waals surface area contributed by atoms with Crippen LogP contribution in [0.4, 0.5) is 0 Å². The van der Waals surface area contributed by atoms with Gasteiger partial charge in [0, 0.05) is 17.7 Å². The first-order valence-corrected chi connectivity index (χ1v) is 7.29. The quantitative estimate of drug-likeness (QED) is 0.756. The van der Waals surface area contributed by atoms with Crippen molar-refractivity contribution in [1.29, 1.82) is 0 Å². The summed E-state index contributed by atoms with van der Waals surface area (Å²) >= 11 is 1.93. The molecule has 2 atom stereocenters. The topological polar surface area (TPSA) is 25.2 Å². The third-order valence-electron chi connectivity index (χ3n) is 2.85. The third kappa shape index (κ3) is 5.61. The van der Waals surface area contributed by atoms with Crippen LogP contribution < -0.4 is 5.32 Å². The van der Waals surface area contributed by atoms with E-state index in [-0.39, 0.29) is 0 Å². The van der Waals surface area contributed by atoms with Crippen molar-refractivity contribution in [2.45, 2.75) is 44.4 Å². The standard InChI is InChI=1S/C13H23NOS/c1-11(14-9-8-12(2)16-3)6-7-13-5-4-10-15-13/h4-5,10-12,14H,6-9H2,1-3H3. The first kappa shape index (κ1) is 13.7. The van der Waals surface area contributed by atoms with E-state index in [4.69, 9.17) is 4.42 Å². The average molecular weight is 241 g/mol. The molecule has 0 bridgehead atoms. The maximum atomic E-state index is 5.31. The van der Waals surface area contributed by atoms with Crippen molar-refractivity contribution in [2.24, 2.45) is 0 Å². The second-order valence-electron chi connectivity index (χ2n) is 4.31. The van der Waals surface area contributed by atoms with Gasteiger partial charge in [-0.3, -0.25) is 0 Å². The van der Waals surface area contributed by atoms with Crippen LogP contribution in [-0.4, -0.2) is 24.1 Å². The first-order chi connectivity index (χ1) is 7.72. The van der Waals surface area contributed by atoms with E-state index in [0.29, 0.717) is 6.04 Å². The van der Waals surface area contributed by atoms with E-state index < -0.39 is 0 Å². The molecule has 92 valence electrons. The number of hydrogen-bond donors (Lipinski definition) is 1. The van der Waals surface area contributed by atoms with Gasteiger partial charge in [-0.1, -0.05) is 6.92 Å². The Morgan fingerprint density at radius 3 is 2.81 bits per heavy atom. The molecular formula is C13H23NOS. The summed E-state index contributed by atoms with van der Waals surface area (Å²) in [5, 5.41) is 4.31. The zero-order valence-corrected chi connectivity index (χ0v) is 11.3. The molecule has 0 aliphatic heterocycles. The average Bonchev–Trinajstić information content (AvgIpc) is 2.79. The summed E-state index contributed by atoms with van der Waals surface area (Å²) in [6, 6.07) is 4.56. The van der Waals surface area contributed by atoms with E-state index in [2.05, 4.69) is 25.4 Å². The molecule has 1 aromatic rings. The van der Waals surface area contributed by atoms with Gasteiger partial charge in [0.25, 0.3) is 0 Å². The smallest absolute Gasteiger partial charge is 0.103 e. The molecule has 2 unspecified atom stereocenters. The molecule has 1 rings (SSSR count). The van der Waals surface area contributed by atoms with Crippen molar-refractivity contribution in [3.8, 4) is 0 Å². The van der Waals surface area contributed by atoms with Gasteiger partial charge in [0.15, 0.2) is 0 Å². The van der Waals surface area contributed by atoms with Crippen LogP contribution in [0.3, 0.4) is 0 Å². The van der Waals surface area contributed by atoms with Gasteiger partial charge in [-0.25, -0.2) is 0 Å². The number of rotatable bonds is 8. The van der Waals surface area contributed by atoms with Crippen LogP contribution in [0.5, 0.6) is 0 Å². The van der Waals surface area contributed by atoms with Crippen LogP contribution in [0.15, 0.2) is 22.8 Å². The fraction of sp³-hybridized carbons (Fsp3) is 0.692. The molecule has 0 saturated heterocycles. The molecule has 16 heavy (non-hydrogen) atoms. The van der Waals surface area contributed by atoms with Crippen LogP contribution in [0.2, 0.25) is 0 Å². The summed E-state index contributed by atoms with van der Waals surface area (Å²) in [5.41, 5.74) is 0. The van der Waals surface area contributed by atoms with E-state index >= 15 is 0 Å². The lowest BCUT2D eigenvalue weighted by molar-refractivity contribution is 0.458. The highest BCUT2D eigenvalue weighted by Crippen LogP contribution is 2.09. The summed E-state index contributed by atoms with van der Waals surface area (Å²) in [7, 11) is 0. The molecule has 1 heterocycles. The minimum Gasteiger partial charge on any atom is -0.469 e. The molecule has 0 aliphatic carbocycles. The Morgan fingerprint density at radius 2 is 2.19 bits per heavy atom. The predicted octanol–water partition coefficient (Wildman–Crippen LogP) is 3.33. The third-order valence-corrected chi connectivity index (χ3v) is 3.89. The molecule has 0 amide bonds. The van der Waals surface area contributed by atoms with Gasteiger partial charge in [-0.15, -0.1) is 0 Å². The Balaban J connectivity index is 2.05. The molecule has 0 fully saturated rings. The molecule has 1 aromatic heterocycles. The monoisotopic (exact) mass is 241 g/mol. The van der Waals surface area contributed by atoms with Crippen LogP contribution in [0.25, 0.3) is 0 Å². The van der Waals surface area contributed by atoms with Crippen molar-refractivity contribution in [3.05, 3.63) is 24.2 Å². The van der Waals surface area contributed by atoms with E-state index in [1.54, 1.807) is 6.26 Å². The van der Waals surface area contributed by atoms with E-state index in [0.717, 1.165) is 30.4 Å². The second kappa shape index (κ2) is 7.80. The normalized spacial score (nSPS) is 14.9. The van der Waals surface area contributed by atoms with Crippen molar-refractivity contribution in [1.82, 2.24) is 5.32 Å². The highest BCUT2D eigenvalue weighted by Gasteiger charge is 2.04. The summed E-state index contributed by atoms with van der Waals surface area (Å²) in [5.74, 6) is 1.09. The Hall–Kier alpha value is -0.410. The summed E-state index contributed by atoms with van der Waals surface area (Å²) in [6.07, 6.45) is 7.32. The maximum Gasteiger partial charge on any atom is 0.103 e. The van der Waals surface area contributed by atoms with E-state index in [1.807, 2.05) is 23.9 Å². The lowest BCUT2D eigenvalue weighted by Crippen LogP contribution is -2.28. The van der Waals surface area contributed by atoms with Gasteiger partial charge in [0.2, 0.25) is 0 Å². The fourth-order valence-corrected chi connectivity index (χ4v) is 1.92. The summed E-state index contributed by atoms with van der Waals surface area (Å²) in [4.78, 5) is 0. The molecule has 0 saturated carbocycles. The Bertz CT molecular complexity index is 261. The van der Waals surface area contributed by atoms with E-state index in [9.17, 15) is 0 Å². The van der Waals surface area contributed by atoms with Crippen molar-refractivity contribution in [3.63, 3.8) is 0 Å². The van der Waals surface area contributed by atoms with Crippen LogP contribution >= 0.6 is 11.8 Å². The molecule has 3 heteroatoms. The van der Waals surface area contributed by atoms with Crippen molar-refractivity contribution >= 4 is 11.8 Å². The maximum absolute atomic E-state index is 5.31. The van der Waals surface area contributed by atoms with E-state index in [1.165, 1.54) is 6.42 Å². The zero-order valence-electron chi connectivity index (χ0n) is 10.5. The molecule has 0 aliphatic rings. The highest BCUT2D eigenvalue weighted by atomic mass is 32.2. The molecule has 0 spiro atoms. The Kier molecular flexibility index (Phi) is 6.65. The molecule has 0 radical (unpaired) electrons. The van der Waals surface area contributed by atoms with Crippen molar-refractivity contribution in [2.75, 3.05) is 12.8 Å². The van der Waals surface area contributed by atoms with Crippen molar-refractivity contribution < 1.29 is 4.42 Å². The Labute approximate surface area is 103 Å². The zero-order chi connectivity index (χ0) is 11.8. The lowest BCUT2D eigenvalue weighted by atomic mass is 10.1. The number of aryl methyl sites for hydroxylation is 1. The molecular weight excluding hydrogens is 218 g/mol. The summed E-state index contributed by atoms with van der Waals surface area (Å²) in [6.45, 7) is 5.63. The SMILES string of the molecule is CSC(C)CCNC(C)CCc1ccco1. The highest BCUT2D eigenvalue weighted by molar-refractivity contribution is 7.99. The molecule has 0 aromatic carbocycles. The molecule has 2 nitrogen and oxygen atoms in total. The van der Waals surface area contributed by atoms with Gasteiger partial charge in [0.05, 0.1) is 6.26 Å². The number of nitrogens with one attached hydrogen (secondary N) is 1. The lowest BCUT2D eigenvalue weighted by Gasteiger charge is -2.14.